The lowest BCUT2D eigenvalue weighted by atomic mass is 9.52. The van der Waals surface area contributed by atoms with Gasteiger partial charge in [-0.1, -0.05) is 44.1 Å². The minimum Gasteiger partial charge on any atom is -0.497 e. The molecule has 2 bridgehead atoms. The predicted molar refractivity (Wildman–Crippen MR) is 99.0 cm³/mol. The molecule has 1 aromatic carbocycles. The molecule has 0 spiro atoms. The zero-order chi connectivity index (χ0) is 18.2. The lowest BCUT2D eigenvalue weighted by Gasteiger charge is -2.50. The topological polar surface area (TPSA) is 43.4 Å². The highest BCUT2D eigenvalue weighted by Gasteiger charge is 2.78. The van der Waals surface area contributed by atoms with Crippen molar-refractivity contribution >= 4 is 11.6 Å². The number of fused-ring (bicyclic) bond motifs is 2. The molecule has 1 aromatic rings. The first kappa shape index (κ1) is 16.3. The fourth-order valence-corrected chi connectivity index (χ4v) is 7.27. The molecule has 0 amide bonds. The number of carbonyl (C=O) groups excluding carboxylic acids is 2. The molecule has 3 heteroatoms. The van der Waals surface area contributed by atoms with Gasteiger partial charge in [-0.15, -0.1) is 0 Å². The first-order valence-electron chi connectivity index (χ1n) is 9.90. The number of hydrogen-bond acceptors (Lipinski definition) is 3. The second-order valence-corrected chi connectivity index (χ2v) is 8.90. The van der Waals surface area contributed by atoms with E-state index in [1.807, 2.05) is 12.1 Å². The maximum Gasteiger partial charge on any atom is 0.138 e. The van der Waals surface area contributed by atoms with Gasteiger partial charge in [-0.2, -0.15) is 0 Å². The molecule has 4 aliphatic carbocycles. The van der Waals surface area contributed by atoms with Crippen LogP contribution in [0.15, 0.2) is 36.4 Å². The highest BCUT2D eigenvalue weighted by Crippen LogP contribution is 2.79. The molecule has 5 atom stereocenters. The van der Waals surface area contributed by atoms with Gasteiger partial charge in [-0.3, -0.25) is 9.59 Å². The van der Waals surface area contributed by atoms with Crippen molar-refractivity contribution in [3.05, 3.63) is 42.0 Å². The summed E-state index contributed by atoms with van der Waals surface area (Å²) in [7, 11) is 1.67. The summed E-state index contributed by atoms with van der Waals surface area (Å²) in [5, 5.41) is 0. The third kappa shape index (κ3) is 1.57. The second-order valence-electron chi connectivity index (χ2n) is 8.90. The van der Waals surface area contributed by atoms with Gasteiger partial charge in [0.2, 0.25) is 0 Å². The van der Waals surface area contributed by atoms with Gasteiger partial charge in [0.05, 0.1) is 7.11 Å². The zero-order valence-corrected chi connectivity index (χ0v) is 15.6. The van der Waals surface area contributed by atoms with E-state index in [1.165, 1.54) is 12.0 Å². The first-order chi connectivity index (χ1) is 12.5. The lowest BCUT2D eigenvalue weighted by molar-refractivity contribution is -0.140. The molecule has 3 fully saturated rings. The van der Waals surface area contributed by atoms with Gasteiger partial charge in [-0.25, -0.2) is 0 Å². The average Bonchev–Trinajstić information content (AvgIpc) is 3.06. The molecule has 5 rings (SSSR count). The summed E-state index contributed by atoms with van der Waals surface area (Å²) in [6.45, 7) is 2.36. The number of ether oxygens (including phenoxy) is 1. The fourth-order valence-electron chi connectivity index (χ4n) is 7.27. The van der Waals surface area contributed by atoms with Crippen molar-refractivity contribution in [1.82, 2.24) is 0 Å². The molecule has 4 aliphatic rings. The molecule has 0 radical (unpaired) electrons. The molecule has 26 heavy (non-hydrogen) atoms. The summed E-state index contributed by atoms with van der Waals surface area (Å²) >= 11 is 0. The Labute approximate surface area is 154 Å². The smallest absolute Gasteiger partial charge is 0.138 e. The van der Waals surface area contributed by atoms with Crippen molar-refractivity contribution in [3.63, 3.8) is 0 Å². The second kappa shape index (κ2) is 5.09. The van der Waals surface area contributed by atoms with Crippen LogP contribution in [0.2, 0.25) is 0 Å². The Bertz CT molecular complexity index is 822. The number of benzene rings is 1. The summed E-state index contributed by atoms with van der Waals surface area (Å²) in [6, 6.07) is 8.22. The first-order valence-corrected chi connectivity index (χ1v) is 9.90. The van der Waals surface area contributed by atoms with E-state index < -0.39 is 0 Å². The number of carbonyl (C=O) groups is 2. The van der Waals surface area contributed by atoms with E-state index in [0.717, 1.165) is 25.0 Å². The molecular formula is C23H26O3. The number of hydrogen-bond donors (Lipinski definition) is 0. The SMILES string of the molecule is COc1ccc([C@@]23C=C[C@]4(CCCC[C@@]42C)[C@H]2C(=O)CCC(=O)[C@H]23)cc1. The third-order valence-corrected chi connectivity index (χ3v) is 8.36. The van der Waals surface area contributed by atoms with Crippen LogP contribution in [0.3, 0.4) is 0 Å². The Hall–Kier alpha value is -1.90. The number of methoxy groups -OCH3 is 1. The number of allylic oxidation sites excluding steroid dienone is 2. The summed E-state index contributed by atoms with van der Waals surface area (Å²) in [4.78, 5) is 26.3. The van der Waals surface area contributed by atoms with Crippen LogP contribution in [0.25, 0.3) is 0 Å². The van der Waals surface area contributed by atoms with Crippen LogP contribution in [0, 0.1) is 22.7 Å². The van der Waals surface area contributed by atoms with Gasteiger partial charge < -0.3 is 4.74 Å². The van der Waals surface area contributed by atoms with Crippen molar-refractivity contribution < 1.29 is 14.3 Å². The van der Waals surface area contributed by atoms with E-state index in [9.17, 15) is 9.59 Å². The van der Waals surface area contributed by atoms with E-state index in [0.29, 0.717) is 24.4 Å². The van der Waals surface area contributed by atoms with Crippen molar-refractivity contribution in [3.8, 4) is 5.75 Å². The van der Waals surface area contributed by atoms with Crippen molar-refractivity contribution in [1.29, 1.82) is 0 Å². The molecule has 0 aliphatic heterocycles. The van der Waals surface area contributed by atoms with Gasteiger partial charge in [0.15, 0.2) is 0 Å². The molecule has 3 nitrogen and oxygen atoms in total. The predicted octanol–water partition coefficient (Wildman–Crippen LogP) is 4.25. The van der Waals surface area contributed by atoms with Crippen LogP contribution in [0.1, 0.15) is 51.0 Å². The molecule has 0 saturated heterocycles. The summed E-state index contributed by atoms with van der Waals surface area (Å²) in [5.74, 6) is 1.13. The van der Waals surface area contributed by atoms with Crippen LogP contribution in [0.4, 0.5) is 0 Å². The maximum absolute atomic E-state index is 13.2. The van der Waals surface area contributed by atoms with Gasteiger partial charge >= 0.3 is 0 Å². The van der Waals surface area contributed by atoms with Crippen LogP contribution in [0.5, 0.6) is 5.75 Å². The van der Waals surface area contributed by atoms with Gasteiger partial charge in [0.1, 0.15) is 17.3 Å². The molecule has 0 unspecified atom stereocenters. The Morgan fingerprint density at radius 2 is 1.58 bits per heavy atom. The fraction of sp³-hybridized carbons (Fsp3) is 0.565. The molecule has 0 aromatic heterocycles. The Morgan fingerprint density at radius 3 is 2.27 bits per heavy atom. The van der Waals surface area contributed by atoms with Crippen molar-refractivity contribution in [2.24, 2.45) is 22.7 Å². The van der Waals surface area contributed by atoms with E-state index in [-0.39, 0.29) is 28.1 Å². The standard InChI is InChI=1S/C23H26O3/c1-21-11-3-4-12-22(21)13-14-23(21,15-5-7-16(26-2)8-6-15)20-18(25)10-9-17(24)19(20)22/h5-8,13-14,19-20H,3-4,9-12H2,1-2H3/t19-,20+,21-,22+,23+/m0/s1. The Kier molecular flexibility index (Phi) is 3.19. The summed E-state index contributed by atoms with van der Waals surface area (Å²) in [5.41, 5.74) is 0.634. The van der Waals surface area contributed by atoms with E-state index in [1.54, 1.807) is 7.11 Å². The quantitative estimate of drug-likeness (QED) is 0.749. The summed E-state index contributed by atoms with van der Waals surface area (Å²) in [6.07, 6.45) is 9.97. The van der Waals surface area contributed by atoms with Gasteiger partial charge in [0.25, 0.3) is 0 Å². The molecular weight excluding hydrogens is 324 g/mol. The van der Waals surface area contributed by atoms with Gasteiger partial charge in [0, 0.05) is 35.5 Å². The molecule has 136 valence electrons. The number of Topliss-reactive ketones (excluding diaryl/α,β-unsaturated/α-hetero) is 2. The van der Waals surface area contributed by atoms with Crippen LogP contribution < -0.4 is 4.74 Å². The highest BCUT2D eigenvalue weighted by molar-refractivity contribution is 6.00. The van der Waals surface area contributed by atoms with Crippen LogP contribution in [-0.2, 0) is 15.0 Å². The van der Waals surface area contributed by atoms with E-state index >= 15 is 0 Å². The van der Waals surface area contributed by atoms with Crippen LogP contribution >= 0.6 is 0 Å². The average molecular weight is 350 g/mol. The minimum atomic E-state index is -0.350. The van der Waals surface area contributed by atoms with Gasteiger partial charge in [-0.05, 0) is 36.0 Å². The summed E-state index contributed by atoms with van der Waals surface area (Å²) < 4.78 is 5.35. The zero-order valence-electron chi connectivity index (χ0n) is 15.6. The van der Waals surface area contributed by atoms with Crippen molar-refractivity contribution in [2.45, 2.75) is 50.9 Å². The Balaban J connectivity index is 1.78. The normalized spacial score (nSPS) is 43.3. The monoisotopic (exact) mass is 350 g/mol. The molecule has 0 heterocycles. The Morgan fingerprint density at radius 1 is 0.923 bits per heavy atom. The minimum absolute atomic E-state index is 0.0577. The largest absolute Gasteiger partial charge is 0.497 e. The lowest BCUT2D eigenvalue weighted by Crippen LogP contribution is -2.47. The van der Waals surface area contributed by atoms with Crippen molar-refractivity contribution in [2.75, 3.05) is 7.11 Å². The molecule has 3 saturated carbocycles. The maximum atomic E-state index is 13.2. The highest BCUT2D eigenvalue weighted by atomic mass is 16.5. The number of ketones is 2. The third-order valence-electron chi connectivity index (χ3n) is 8.36. The van der Waals surface area contributed by atoms with Crippen LogP contribution in [-0.4, -0.2) is 18.7 Å². The number of rotatable bonds is 2. The van der Waals surface area contributed by atoms with E-state index in [4.69, 9.17) is 4.74 Å². The molecule has 0 N–H and O–H groups in total. The van der Waals surface area contributed by atoms with E-state index in [2.05, 4.69) is 31.2 Å².